The van der Waals surface area contributed by atoms with Crippen molar-refractivity contribution in [2.75, 3.05) is 13.2 Å². The van der Waals surface area contributed by atoms with Crippen molar-refractivity contribution < 1.29 is 25.9 Å². The summed E-state index contributed by atoms with van der Waals surface area (Å²) in [5.41, 5.74) is 1.01. The molecule has 2 atom stereocenters. The number of hydrogen-bond acceptors (Lipinski definition) is 6. The largest absolute Gasteiger partial charge is 0.414 e. The first kappa shape index (κ1) is 20.5. The van der Waals surface area contributed by atoms with Crippen LogP contribution in [0, 0.1) is 0 Å². The Morgan fingerprint density at radius 2 is 1.60 bits per heavy atom. The average Bonchev–Trinajstić information content (AvgIpc) is 2.79. The molecule has 2 rings (SSSR count). The number of hydrogen-bond donors (Lipinski definition) is 0. The Balaban J connectivity index is 1.91. The summed E-state index contributed by atoms with van der Waals surface area (Å²) in [5.74, 6) is 0. The highest BCUT2D eigenvalue weighted by Crippen LogP contribution is 2.37. The van der Waals surface area contributed by atoms with Crippen molar-refractivity contribution in [3.05, 3.63) is 35.9 Å². The van der Waals surface area contributed by atoms with Gasteiger partial charge in [0.2, 0.25) is 0 Å². The molecule has 0 aliphatic carbocycles. The van der Waals surface area contributed by atoms with Crippen LogP contribution in [-0.2, 0) is 34.5 Å². The molecular formula is C17H28O6SSi. The van der Waals surface area contributed by atoms with Crippen LogP contribution in [0.15, 0.2) is 30.3 Å². The second kappa shape index (κ2) is 7.85. The van der Waals surface area contributed by atoms with E-state index in [0.29, 0.717) is 6.61 Å². The lowest BCUT2D eigenvalue weighted by Crippen LogP contribution is -2.44. The Hall–Kier alpha value is -0.773. The van der Waals surface area contributed by atoms with Crippen LogP contribution in [0.1, 0.15) is 26.3 Å². The van der Waals surface area contributed by atoms with Gasteiger partial charge in [0, 0.05) is 0 Å². The molecule has 1 aliphatic heterocycles. The van der Waals surface area contributed by atoms with E-state index in [1.54, 1.807) is 0 Å². The van der Waals surface area contributed by atoms with Crippen molar-refractivity contribution in [2.24, 2.45) is 0 Å². The fourth-order valence-corrected chi connectivity index (χ4v) is 4.12. The van der Waals surface area contributed by atoms with Gasteiger partial charge in [0.25, 0.3) is 0 Å². The summed E-state index contributed by atoms with van der Waals surface area (Å²) in [6, 6.07) is 9.67. The van der Waals surface area contributed by atoms with Crippen molar-refractivity contribution in [1.82, 2.24) is 0 Å². The van der Waals surface area contributed by atoms with E-state index in [1.165, 1.54) is 0 Å². The molecule has 0 amide bonds. The highest BCUT2D eigenvalue weighted by Gasteiger charge is 2.43. The van der Waals surface area contributed by atoms with Crippen LogP contribution in [0.25, 0.3) is 0 Å². The molecule has 0 unspecified atom stereocenters. The van der Waals surface area contributed by atoms with Crippen LogP contribution >= 0.6 is 0 Å². The highest BCUT2D eigenvalue weighted by atomic mass is 32.3. The molecule has 25 heavy (non-hydrogen) atoms. The van der Waals surface area contributed by atoms with Crippen LogP contribution in [-0.4, -0.2) is 42.2 Å². The van der Waals surface area contributed by atoms with E-state index in [-0.39, 0.29) is 18.3 Å². The maximum absolute atomic E-state index is 11.7. The van der Waals surface area contributed by atoms with Gasteiger partial charge in [-0.15, -0.1) is 0 Å². The molecule has 6 nitrogen and oxygen atoms in total. The third-order valence-corrected chi connectivity index (χ3v) is 10.2. The molecule has 1 aromatic rings. The Labute approximate surface area is 151 Å². The summed E-state index contributed by atoms with van der Waals surface area (Å²) in [6.45, 7) is 11.3. The van der Waals surface area contributed by atoms with Gasteiger partial charge in [-0.25, -0.2) is 8.37 Å². The van der Waals surface area contributed by atoms with Crippen LogP contribution in [0.3, 0.4) is 0 Å². The van der Waals surface area contributed by atoms with Gasteiger partial charge in [-0.05, 0) is 23.7 Å². The van der Waals surface area contributed by atoms with E-state index in [0.717, 1.165) is 5.56 Å². The zero-order valence-electron chi connectivity index (χ0n) is 15.5. The van der Waals surface area contributed by atoms with Gasteiger partial charge in [-0.1, -0.05) is 51.1 Å². The Morgan fingerprint density at radius 3 is 2.16 bits per heavy atom. The average molecular weight is 389 g/mol. The van der Waals surface area contributed by atoms with Crippen LogP contribution < -0.4 is 0 Å². The van der Waals surface area contributed by atoms with E-state index < -0.39 is 30.9 Å². The van der Waals surface area contributed by atoms with Crippen LogP contribution in [0.5, 0.6) is 0 Å². The van der Waals surface area contributed by atoms with Gasteiger partial charge >= 0.3 is 10.4 Å². The normalized spacial score (nSPS) is 23.7. The molecule has 0 bridgehead atoms. The summed E-state index contributed by atoms with van der Waals surface area (Å²) in [5, 5.41) is 0.0324. The molecule has 1 fully saturated rings. The first-order valence-electron chi connectivity index (χ1n) is 8.37. The second-order valence-electron chi connectivity index (χ2n) is 7.75. The Kier molecular flexibility index (Phi) is 6.45. The maximum atomic E-state index is 11.7. The zero-order valence-corrected chi connectivity index (χ0v) is 17.3. The zero-order chi connectivity index (χ0) is 18.7. The molecule has 1 heterocycles. The Bertz CT molecular complexity index is 653. The van der Waals surface area contributed by atoms with Crippen LogP contribution in [0.2, 0.25) is 18.1 Å². The molecule has 0 aromatic heterocycles. The maximum Gasteiger partial charge on any atom is 0.400 e. The van der Waals surface area contributed by atoms with Crippen LogP contribution in [0.4, 0.5) is 0 Å². The first-order valence-corrected chi connectivity index (χ1v) is 12.6. The van der Waals surface area contributed by atoms with Crippen molar-refractivity contribution >= 4 is 18.7 Å². The minimum atomic E-state index is -3.99. The Morgan fingerprint density at radius 1 is 1.04 bits per heavy atom. The predicted octanol–water partition coefficient (Wildman–Crippen LogP) is 3.25. The molecule has 0 spiro atoms. The standard InChI is InChI=1S/C17H28O6SSi/c1-17(2,3)25(4,5)21-13-16-15(22-24(18,19)23-16)12-20-11-14-9-7-6-8-10-14/h6-10,15-16H,11-13H2,1-5H3/t15-,16-/m1/s1. The third kappa shape index (κ3) is 5.87. The lowest BCUT2D eigenvalue weighted by molar-refractivity contribution is 0.0123. The van der Waals surface area contributed by atoms with E-state index in [4.69, 9.17) is 17.5 Å². The first-order chi connectivity index (χ1) is 11.5. The van der Waals surface area contributed by atoms with Gasteiger partial charge in [0.05, 0.1) is 19.8 Å². The minimum absolute atomic E-state index is 0.0324. The lowest BCUT2D eigenvalue weighted by Gasteiger charge is -2.36. The summed E-state index contributed by atoms with van der Waals surface area (Å²) >= 11 is 0. The third-order valence-electron chi connectivity index (χ3n) is 4.71. The molecular weight excluding hydrogens is 360 g/mol. The molecule has 0 N–H and O–H groups in total. The molecule has 1 aliphatic rings. The fourth-order valence-electron chi connectivity index (χ4n) is 2.09. The summed E-state index contributed by atoms with van der Waals surface area (Å²) < 4.78 is 45.1. The molecule has 142 valence electrons. The van der Waals surface area contributed by atoms with Gasteiger partial charge < -0.3 is 9.16 Å². The molecule has 0 radical (unpaired) electrons. The monoisotopic (exact) mass is 388 g/mol. The topological polar surface area (TPSA) is 71.1 Å². The van der Waals surface area contributed by atoms with Gasteiger partial charge in [-0.3, -0.25) is 0 Å². The molecule has 1 saturated heterocycles. The van der Waals surface area contributed by atoms with E-state index in [2.05, 4.69) is 33.9 Å². The fraction of sp³-hybridized carbons (Fsp3) is 0.647. The summed E-state index contributed by atoms with van der Waals surface area (Å²) in [6.07, 6.45) is -1.38. The molecule has 1 aromatic carbocycles. The predicted molar refractivity (Wildman–Crippen MR) is 97.9 cm³/mol. The molecule has 8 heteroatoms. The smallest absolute Gasteiger partial charge is 0.400 e. The molecule has 0 saturated carbocycles. The summed E-state index contributed by atoms with van der Waals surface area (Å²) in [7, 11) is -5.99. The van der Waals surface area contributed by atoms with E-state index >= 15 is 0 Å². The van der Waals surface area contributed by atoms with Gasteiger partial charge in [0.1, 0.15) is 12.2 Å². The lowest BCUT2D eigenvalue weighted by atomic mass is 10.2. The van der Waals surface area contributed by atoms with Crippen molar-refractivity contribution in [3.63, 3.8) is 0 Å². The van der Waals surface area contributed by atoms with Crippen molar-refractivity contribution in [3.8, 4) is 0 Å². The quantitative estimate of drug-likeness (QED) is 0.668. The number of ether oxygens (including phenoxy) is 1. The van der Waals surface area contributed by atoms with Crippen molar-refractivity contribution in [2.45, 2.75) is 57.7 Å². The summed E-state index contributed by atoms with van der Waals surface area (Å²) in [4.78, 5) is 0. The van der Waals surface area contributed by atoms with E-state index in [9.17, 15) is 8.42 Å². The number of benzene rings is 1. The van der Waals surface area contributed by atoms with E-state index in [1.807, 2.05) is 30.3 Å². The highest BCUT2D eigenvalue weighted by molar-refractivity contribution is 7.82. The minimum Gasteiger partial charge on any atom is -0.414 e. The second-order valence-corrected chi connectivity index (χ2v) is 13.8. The SMILES string of the molecule is CC(C)(C)[Si](C)(C)OC[C@H]1OS(=O)(=O)O[C@@H]1COCc1ccccc1. The van der Waals surface area contributed by atoms with Gasteiger partial charge in [-0.2, -0.15) is 8.42 Å². The number of rotatable bonds is 7. The van der Waals surface area contributed by atoms with Crippen molar-refractivity contribution in [1.29, 1.82) is 0 Å². The van der Waals surface area contributed by atoms with Gasteiger partial charge in [0.15, 0.2) is 8.32 Å².